The lowest BCUT2D eigenvalue weighted by molar-refractivity contribution is 0.102. The van der Waals surface area contributed by atoms with Crippen LogP contribution in [-0.4, -0.2) is 19.9 Å². The smallest absolute Gasteiger partial charge is 0.272 e. The molecule has 3 aromatic heterocycles. The van der Waals surface area contributed by atoms with Crippen molar-refractivity contribution in [3.63, 3.8) is 0 Å². The van der Waals surface area contributed by atoms with Crippen molar-refractivity contribution < 1.29 is 4.79 Å². The molecule has 3 heterocycles. The molecular formula is C23H18N4O2. The molecule has 0 aliphatic heterocycles. The summed E-state index contributed by atoms with van der Waals surface area (Å²) < 4.78 is 3.19. The second-order valence-electron chi connectivity index (χ2n) is 7.11. The molecule has 0 aliphatic rings. The molecule has 0 atom stereocenters. The predicted octanol–water partition coefficient (Wildman–Crippen LogP) is 3.90. The van der Waals surface area contributed by atoms with E-state index in [4.69, 9.17) is 0 Å². The normalized spacial score (nSPS) is 11.4. The average Bonchev–Trinajstić information content (AvgIpc) is 3.06. The van der Waals surface area contributed by atoms with Crippen LogP contribution in [0.4, 0.5) is 5.69 Å². The fourth-order valence-corrected chi connectivity index (χ4v) is 3.77. The van der Waals surface area contributed by atoms with Gasteiger partial charge in [0.1, 0.15) is 17.0 Å². The molecule has 2 aromatic carbocycles. The largest absolute Gasteiger partial charge is 0.324 e. The number of nitrogens with zero attached hydrogens (tertiary/aromatic N) is 3. The van der Waals surface area contributed by atoms with Gasteiger partial charge in [0.2, 0.25) is 0 Å². The number of aryl methyl sites for hydroxylation is 2. The standard InChI is InChI=1S/C23H18N4O2/c1-14-7-6-12-27-20(14)25-21-17(23(27)29)13-19(26(21)2)22(28)24-18-11-5-9-15-8-3-4-10-16(15)18/h3-13H,1-2H3,(H,24,28). The number of benzene rings is 2. The van der Waals surface area contributed by atoms with Crippen LogP contribution in [-0.2, 0) is 7.05 Å². The van der Waals surface area contributed by atoms with Crippen molar-refractivity contribution in [1.29, 1.82) is 0 Å². The van der Waals surface area contributed by atoms with Crippen LogP contribution in [0.5, 0.6) is 0 Å². The molecule has 1 N–H and O–H groups in total. The number of carbonyl (C=O) groups is 1. The first-order valence-corrected chi connectivity index (χ1v) is 9.31. The van der Waals surface area contributed by atoms with Crippen LogP contribution in [0.3, 0.4) is 0 Å². The fourth-order valence-electron chi connectivity index (χ4n) is 3.77. The third kappa shape index (κ3) is 2.61. The Morgan fingerprint density at radius 1 is 0.966 bits per heavy atom. The van der Waals surface area contributed by atoms with Gasteiger partial charge < -0.3 is 9.88 Å². The summed E-state index contributed by atoms with van der Waals surface area (Å²) in [4.78, 5) is 30.6. The number of nitrogens with one attached hydrogen (secondary N) is 1. The molecule has 0 bridgehead atoms. The molecule has 0 spiro atoms. The first-order chi connectivity index (χ1) is 14.0. The number of rotatable bonds is 2. The molecule has 0 unspecified atom stereocenters. The molecule has 5 rings (SSSR count). The van der Waals surface area contributed by atoms with Gasteiger partial charge in [0, 0.05) is 24.3 Å². The van der Waals surface area contributed by atoms with E-state index >= 15 is 0 Å². The van der Waals surface area contributed by atoms with Crippen molar-refractivity contribution in [2.24, 2.45) is 7.05 Å². The minimum Gasteiger partial charge on any atom is -0.324 e. The summed E-state index contributed by atoms with van der Waals surface area (Å²) in [6.07, 6.45) is 1.69. The predicted molar refractivity (Wildman–Crippen MR) is 115 cm³/mol. The number of aromatic nitrogens is 3. The van der Waals surface area contributed by atoms with Crippen molar-refractivity contribution in [1.82, 2.24) is 14.0 Å². The number of carbonyl (C=O) groups excluding carboxylic acids is 1. The van der Waals surface area contributed by atoms with Crippen LogP contribution < -0.4 is 10.9 Å². The monoisotopic (exact) mass is 382 g/mol. The molecule has 0 fully saturated rings. The zero-order chi connectivity index (χ0) is 20.1. The second-order valence-corrected chi connectivity index (χ2v) is 7.11. The Hall–Kier alpha value is -3.93. The van der Waals surface area contributed by atoms with Gasteiger partial charge in [-0.2, -0.15) is 0 Å². The minimum atomic E-state index is -0.285. The second kappa shape index (κ2) is 6.31. The van der Waals surface area contributed by atoms with Crippen LogP contribution in [0.25, 0.3) is 27.5 Å². The van der Waals surface area contributed by atoms with Gasteiger partial charge in [0.15, 0.2) is 0 Å². The molecule has 0 radical (unpaired) electrons. The van der Waals surface area contributed by atoms with E-state index in [1.165, 1.54) is 4.40 Å². The Morgan fingerprint density at radius 3 is 2.62 bits per heavy atom. The van der Waals surface area contributed by atoms with Crippen LogP contribution >= 0.6 is 0 Å². The topological polar surface area (TPSA) is 68.4 Å². The SMILES string of the molecule is Cc1cccn2c(=O)c3cc(C(=O)Nc4cccc5ccccc45)n(C)c3nc12. The first kappa shape index (κ1) is 17.2. The summed E-state index contributed by atoms with van der Waals surface area (Å²) >= 11 is 0. The summed E-state index contributed by atoms with van der Waals surface area (Å²) in [5.41, 5.74) is 2.90. The van der Waals surface area contributed by atoms with Gasteiger partial charge in [-0.3, -0.25) is 14.0 Å². The van der Waals surface area contributed by atoms with Crippen molar-refractivity contribution in [3.8, 4) is 0 Å². The van der Waals surface area contributed by atoms with Crippen molar-refractivity contribution in [3.05, 3.63) is 88.5 Å². The van der Waals surface area contributed by atoms with Gasteiger partial charge >= 0.3 is 0 Å². The van der Waals surface area contributed by atoms with Crippen LogP contribution in [0.1, 0.15) is 16.1 Å². The highest BCUT2D eigenvalue weighted by Gasteiger charge is 2.18. The summed E-state index contributed by atoms with van der Waals surface area (Å²) in [5.74, 6) is -0.285. The van der Waals surface area contributed by atoms with Gasteiger partial charge in [-0.1, -0.05) is 42.5 Å². The van der Waals surface area contributed by atoms with Gasteiger partial charge in [-0.25, -0.2) is 4.98 Å². The highest BCUT2D eigenvalue weighted by atomic mass is 16.2. The average molecular weight is 382 g/mol. The zero-order valence-corrected chi connectivity index (χ0v) is 16.0. The molecule has 0 aliphatic carbocycles. The van der Waals surface area contributed by atoms with Crippen LogP contribution in [0.15, 0.2) is 71.7 Å². The third-order valence-corrected chi connectivity index (χ3v) is 5.29. The summed E-state index contributed by atoms with van der Waals surface area (Å²) in [6.45, 7) is 1.91. The quantitative estimate of drug-likeness (QED) is 0.503. The molecule has 29 heavy (non-hydrogen) atoms. The fraction of sp³-hybridized carbons (Fsp3) is 0.0870. The van der Waals surface area contributed by atoms with Gasteiger partial charge in [-0.15, -0.1) is 0 Å². The van der Waals surface area contributed by atoms with Crippen molar-refractivity contribution in [2.45, 2.75) is 6.92 Å². The lowest BCUT2D eigenvalue weighted by Gasteiger charge is -2.09. The van der Waals surface area contributed by atoms with E-state index in [9.17, 15) is 9.59 Å². The van der Waals surface area contributed by atoms with Crippen molar-refractivity contribution >= 4 is 39.0 Å². The van der Waals surface area contributed by atoms with Crippen molar-refractivity contribution in [2.75, 3.05) is 5.32 Å². The van der Waals surface area contributed by atoms with Gasteiger partial charge in [0.25, 0.3) is 11.5 Å². The zero-order valence-electron chi connectivity index (χ0n) is 16.0. The molecular weight excluding hydrogens is 364 g/mol. The van der Waals surface area contributed by atoms with Gasteiger partial charge in [-0.05, 0) is 36.1 Å². The van der Waals surface area contributed by atoms with E-state index in [0.717, 1.165) is 22.0 Å². The van der Waals surface area contributed by atoms with E-state index in [1.54, 1.807) is 23.9 Å². The third-order valence-electron chi connectivity index (χ3n) is 5.29. The van der Waals surface area contributed by atoms with E-state index in [-0.39, 0.29) is 11.5 Å². The summed E-state index contributed by atoms with van der Waals surface area (Å²) in [5, 5.41) is 5.40. The maximum absolute atomic E-state index is 13.1. The first-order valence-electron chi connectivity index (χ1n) is 9.31. The Bertz CT molecular complexity index is 1490. The molecule has 142 valence electrons. The lowest BCUT2D eigenvalue weighted by atomic mass is 10.1. The molecule has 6 nitrogen and oxygen atoms in total. The Morgan fingerprint density at radius 2 is 1.76 bits per heavy atom. The molecule has 5 aromatic rings. The minimum absolute atomic E-state index is 0.187. The number of anilines is 1. The summed E-state index contributed by atoms with van der Waals surface area (Å²) in [7, 11) is 1.75. The van der Waals surface area contributed by atoms with Crippen LogP contribution in [0.2, 0.25) is 0 Å². The number of hydrogen-bond donors (Lipinski definition) is 1. The highest BCUT2D eigenvalue weighted by molar-refractivity contribution is 6.10. The van der Waals surface area contributed by atoms with E-state index in [2.05, 4.69) is 10.3 Å². The van der Waals surface area contributed by atoms with Crippen LogP contribution in [0, 0.1) is 6.92 Å². The number of pyridine rings is 1. The summed E-state index contributed by atoms with van der Waals surface area (Å²) in [6, 6.07) is 19.0. The Kier molecular flexibility index (Phi) is 3.74. The molecule has 0 saturated carbocycles. The van der Waals surface area contributed by atoms with Gasteiger partial charge in [0.05, 0.1) is 5.39 Å². The molecule has 0 saturated heterocycles. The Balaban J connectivity index is 1.65. The van der Waals surface area contributed by atoms with E-state index in [1.807, 2.05) is 61.5 Å². The molecule has 6 heteroatoms. The molecule has 1 amide bonds. The maximum atomic E-state index is 13.1. The Labute approximate surface area is 166 Å². The number of hydrogen-bond acceptors (Lipinski definition) is 3. The maximum Gasteiger partial charge on any atom is 0.272 e. The van der Waals surface area contributed by atoms with E-state index < -0.39 is 0 Å². The number of amides is 1. The van der Waals surface area contributed by atoms with E-state index in [0.29, 0.717) is 22.4 Å². The lowest BCUT2D eigenvalue weighted by Crippen LogP contribution is -2.16. The highest BCUT2D eigenvalue weighted by Crippen LogP contribution is 2.24. The number of fused-ring (bicyclic) bond motifs is 3.